The Labute approximate surface area is 145 Å². The highest BCUT2D eigenvalue weighted by Crippen LogP contribution is 2.19. The van der Waals surface area contributed by atoms with Crippen molar-refractivity contribution in [1.82, 2.24) is 14.9 Å². The van der Waals surface area contributed by atoms with Crippen molar-refractivity contribution in [1.29, 1.82) is 0 Å². The molecule has 0 spiro atoms. The van der Waals surface area contributed by atoms with Gasteiger partial charge in [-0.1, -0.05) is 12.1 Å². The van der Waals surface area contributed by atoms with Gasteiger partial charge in [-0.25, -0.2) is 4.98 Å². The number of nitrogens with one attached hydrogen (secondary N) is 2. The zero-order valence-electron chi connectivity index (χ0n) is 14.2. The van der Waals surface area contributed by atoms with Crippen LogP contribution in [0.1, 0.15) is 22.5 Å². The number of pyridine rings is 1. The monoisotopic (exact) mass is 336 g/mol. The second-order valence-corrected chi connectivity index (χ2v) is 5.88. The number of nitrogens with zero attached hydrogens (tertiary/aromatic N) is 2. The molecule has 1 aromatic carbocycles. The maximum absolute atomic E-state index is 12.4. The smallest absolute Gasteiger partial charge is 0.251 e. The number of anilines is 1. The molecule has 0 unspecified atom stereocenters. The van der Waals surface area contributed by atoms with Gasteiger partial charge >= 0.3 is 0 Å². The van der Waals surface area contributed by atoms with Crippen molar-refractivity contribution in [2.24, 2.45) is 7.05 Å². The number of rotatable bonds is 5. The second-order valence-electron chi connectivity index (χ2n) is 5.88. The highest BCUT2D eigenvalue weighted by atomic mass is 16.2. The Morgan fingerprint density at radius 3 is 2.72 bits per heavy atom. The Bertz CT molecular complexity index is 930. The van der Waals surface area contributed by atoms with Crippen LogP contribution in [0.5, 0.6) is 0 Å². The molecule has 25 heavy (non-hydrogen) atoms. The lowest BCUT2D eigenvalue weighted by molar-refractivity contribution is -0.116. The minimum atomic E-state index is -0.184. The summed E-state index contributed by atoms with van der Waals surface area (Å²) < 4.78 is 1.97. The van der Waals surface area contributed by atoms with E-state index in [1.165, 1.54) is 0 Å². The van der Waals surface area contributed by atoms with Crippen molar-refractivity contribution >= 4 is 28.5 Å². The van der Waals surface area contributed by atoms with Crippen LogP contribution in [0, 0.1) is 6.92 Å². The van der Waals surface area contributed by atoms with Crippen LogP contribution in [0.25, 0.3) is 10.9 Å². The van der Waals surface area contributed by atoms with E-state index < -0.39 is 0 Å². The highest BCUT2D eigenvalue weighted by molar-refractivity contribution is 6.06. The molecule has 0 aliphatic carbocycles. The molecule has 3 rings (SSSR count). The number of aryl methyl sites for hydroxylation is 2. The van der Waals surface area contributed by atoms with Gasteiger partial charge in [0.05, 0.1) is 0 Å². The molecule has 0 aliphatic heterocycles. The summed E-state index contributed by atoms with van der Waals surface area (Å²) in [5.74, 6) is 0.153. The molecule has 2 amide bonds. The van der Waals surface area contributed by atoms with Crippen molar-refractivity contribution in [2.75, 3.05) is 11.9 Å². The van der Waals surface area contributed by atoms with Crippen LogP contribution in [0.2, 0.25) is 0 Å². The number of carbonyl (C=O) groups excluding carboxylic acids is 2. The molecular weight excluding hydrogens is 316 g/mol. The van der Waals surface area contributed by atoms with Gasteiger partial charge in [0, 0.05) is 48.4 Å². The summed E-state index contributed by atoms with van der Waals surface area (Å²) in [6.07, 6.45) is 2.11. The molecule has 0 saturated carbocycles. The van der Waals surface area contributed by atoms with Gasteiger partial charge < -0.3 is 15.2 Å². The van der Waals surface area contributed by atoms with Crippen molar-refractivity contribution in [3.63, 3.8) is 0 Å². The van der Waals surface area contributed by atoms with E-state index in [2.05, 4.69) is 15.6 Å². The summed E-state index contributed by atoms with van der Waals surface area (Å²) in [5, 5.41) is 6.42. The minimum Gasteiger partial charge on any atom is -0.352 e. The predicted octanol–water partition coefficient (Wildman–Crippen LogP) is 2.64. The molecule has 0 atom stereocenters. The van der Waals surface area contributed by atoms with Gasteiger partial charge in [-0.2, -0.15) is 0 Å². The predicted molar refractivity (Wildman–Crippen MR) is 97.5 cm³/mol. The van der Waals surface area contributed by atoms with Crippen LogP contribution < -0.4 is 10.6 Å². The van der Waals surface area contributed by atoms with Crippen LogP contribution in [-0.4, -0.2) is 27.9 Å². The normalized spacial score (nSPS) is 10.6. The van der Waals surface area contributed by atoms with Crippen LogP contribution >= 0.6 is 0 Å². The molecule has 6 nitrogen and oxygen atoms in total. The summed E-state index contributed by atoms with van der Waals surface area (Å²) >= 11 is 0. The Kier molecular flexibility index (Phi) is 4.79. The average molecular weight is 336 g/mol. The molecule has 0 bridgehead atoms. The molecule has 3 aromatic rings. The quantitative estimate of drug-likeness (QED) is 0.752. The molecule has 128 valence electrons. The zero-order chi connectivity index (χ0) is 17.8. The number of fused-ring (bicyclic) bond motifs is 1. The van der Waals surface area contributed by atoms with Gasteiger partial charge in [0.25, 0.3) is 5.91 Å². The first-order valence-electron chi connectivity index (χ1n) is 8.10. The molecule has 6 heteroatoms. The molecule has 0 aliphatic rings. The van der Waals surface area contributed by atoms with E-state index in [-0.39, 0.29) is 24.8 Å². The highest BCUT2D eigenvalue weighted by Gasteiger charge is 2.12. The number of aromatic nitrogens is 2. The first-order chi connectivity index (χ1) is 12.0. The Hall–Kier alpha value is -3.15. The number of carbonyl (C=O) groups is 2. The van der Waals surface area contributed by atoms with E-state index in [9.17, 15) is 9.59 Å². The van der Waals surface area contributed by atoms with Gasteiger partial charge in [0.1, 0.15) is 5.82 Å². The van der Waals surface area contributed by atoms with Gasteiger partial charge in [0.15, 0.2) is 0 Å². The SMILES string of the molecule is Cc1cccc(NC(=O)CCNC(=O)c2cccc3c2ccn3C)n1. The van der Waals surface area contributed by atoms with E-state index in [0.717, 1.165) is 16.6 Å². The van der Waals surface area contributed by atoms with E-state index in [0.29, 0.717) is 11.4 Å². The average Bonchev–Trinajstić information content (AvgIpc) is 2.96. The van der Waals surface area contributed by atoms with Gasteiger partial charge in [-0.05, 0) is 37.3 Å². The number of amides is 2. The number of benzene rings is 1. The van der Waals surface area contributed by atoms with Crippen molar-refractivity contribution in [2.45, 2.75) is 13.3 Å². The fourth-order valence-electron chi connectivity index (χ4n) is 2.70. The van der Waals surface area contributed by atoms with E-state index >= 15 is 0 Å². The second kappa shape index (κ2) is 7.17. The van der Waals surface area contributed by atoms with Crippen molar-refractivity contribution in [3.05, 3.63) is 59.9 Å². The number of hydrogen-bond donors (Lipinski definition) is 2. The lowest BCUT2D eigenvalue weighted by Crippen LogP contribution is -2.27. The fraction of sp³-hybridized carbons (Fsp3) is 0.211. The summed E-state index contributed by atoms with van der Waals surface area (Å²) in [5.41, 5.74) is 2.44. The Morgan fingerprint density at radius 1 is 1.12 bits per heavy atom. The first kappa shape index (κ1) is 16.7. The van der Waals surface area contributed by atoms with Crippen molar-refractivity contribution in [3.8, 4) is 0 Å². The zero-order valence-corrected chi connectivity index (χ0v) is 14.2. The van der Waals surface area contributed by atoms with Crippen LogP contribution in [0.15, 0.2) is 48.7 Å². The van der Waals surface area contributed by atoms with Crippen LogP contribution in [0.4, 0.5) is 5.82 Å². The Morgan fingerprint density at radius 2 is 1.92 bits per heavy atom. The maximum atomic E-state index is 12.4. The van der Waals surface area contributed by atoms with E-state index in [4.69, 9.17) is 0 Å². The lowest BCUT2D eigenvalue weighted by Gasteiger charge is -2.08. The third-order valence-corrected chi connectivity index (χ3v) is 3.97. The third kappa shape index (κ3) is 3.85. The molecular formula is C19H20N4O2. The van der Waals surface area contributed by atoms with Crippen LogP contribution in [0.3, 0.4) is 0 Å². The topological polar surface area (TPSA) is 76.0 Å². The van der Waals surface area contributed by atoms with Gasteiger partial charge in [0.2, 0.25) is 5.91 Å². The third-order valence-electron chi connectivity index (χ3n) is 3.97. The Balaban J connectivity index is 1.56. The molecule has 0 radical (unpaired) electrons. The van der Waals surface area contributed by atoms with Gasteiger partial charge in [-0.15, -0.1) is 0 Å². The molecule has 0 fully saturated rings. The first-order valence-corrected chi connectivity index (χ1v) is 8.10. The van der Waals surface area contributed by atoms with Crippen LogP contribution in [-0.2, 0) is 11.8 Å². The maximum Gasteiger partial charge on any atom is 0.251 e. The summed E-state index contributed by atoms with van der Waals surface area (Å²) in [4.78, 5) is 28.6. The van der Waals surface area contributed by atoms with E-state index in [1.54, 1.807) is 12.1 Å². The van der Waals surface area contributed by atoms with Crippen molar-refractivity contribution < 1.29 is 9.59 Å². The molecule has 2 N–H and O–H groups in total. The molecule has 0 saturated heterocycles. The summed E-state index contributed by atoms with van der Waals surface area (Å²) in [6.45, 7) is 2.12. The lowest BCUT2D eigenvalue weighted by atomic mass is 10.1. The van der Waals surface area contributed by atoms with E-state index in [1.807, 2.05) is 55.1 Å². The fourth-order valence-corrected chi connectivity index (χ4v) is 2.70. The largest absolute Gasteiger partial charge is 0.352 e. The summed E-state index contributed by atoms with van der Waals surface area (Å²) in [6, 6.07) is 13.0. The molecule has 2 heterocycles. The molecule has 2 aromatic heterocycles. The summed E-state index contributed by atoms with van der Waals surface area (Å²) in [7, 11) is 1.94. The minimum absolute atomic E-state index is 0.182. The number of hydrogen-bond acceptors (Lipinski definition) is 3. The van der Waals surface area contributed by atoms with Gasteiger partial charge in [-0.3, -0.25) is 9.59 Å². The standard InChI is InChI=1S/C19H20N4O2/c1-13-5-3-8-17(21-13)22-18(24)9-11-20-19(25)15-6-4-7-16-14(15)10-12-23(16)2/h3-8,10,12H,9,11H2,1-2H3,(H,20,25)(H,21,22,24).